The molecule has 0 aromatic heterocycles. The van der Waals surface area contributed by atoms with E-state index >= 15 is 0 Å². The molecule has 0 spiro atoms. The van der Waals surface area contributed by atoms with Gasteiger partial charge in [-0.15, -0.1) is 0 Å². The van der Waals surface area contributed by atoms with Crippen LogP contribution in [0.1, 0.15) is 5.56 Å². The molecule has 2 N–H and O–H groups in total. The lowest BCUT2D eigenvalue weighted by atomic mass is 10.1. The van der Waals surface area contributed by atoms with Crippen LogP contribution in [0.3, 0.4) is 0 Å². The van der Waals surface area contributed by atoms with Crippen LogP contribution in [0.15, 0.2) is 23.2 Å². The van der Waals surface area contributed by atoms with E-state index in [0.717, 1.165) is 0 Å². The lowest BCUT2D eigenvalue weighted by Crippen LogP contribution is -2.39. The van der Waals surface area contributed by atoms with Crippen molar-refractivity contribution in [3.8, 4) is 0 Å². The van der Waals surface area contributed by atoms with Gasteiger partial charge in [0, 0.05) is 32.8 Å². The van der Waals surface area contributed by atoms with Crippen molar-refractivity contribution in [3.05, 3.63) is 35.4 Å². The van der Waals surface area contributed by atoms with Gasteiger partial charge in [-0.05, 0) is 18.6 Å². The highest BCUT2D eigenvalue weighted by Crippen LogP contribution is 2.11. The molecule has 0 bridgehead atoms. The quantitative estimate of drug-likeness (QED) is 0.466. The molecule has 0 radical (unpaired) electrons. The van der Waals surface area contributed by atoms with Gasteiger partial charge in [0.25, 0.3) is 0 Å². The summed E-state index contributed by atoms with van der Waals surface area (Å²) < 4.78 is 31.6. The van der Waals surface area contributed by atoms with Crippen molar-refractivity contribution in [2.24, 2.45) is 4.99 Å². The minimum Gasteiger partial charge on any atom is -0.383 e. The second-order valence-electron chi connectivity index (χ2n) is 3.87. The third-order valence-corrected chi connectivity index (χ3v) is 2.55. The molecule has 0 aliphatic heterocycles. The number of nitrogens with one attached hydrogen (secondary N) is 2. The number of hydrogen-bond acceptors (Lipinski definition) is 2. The Labute approximate surface area is 111 Å². The first kappa shape index (κ1) is 15.4. The molecule has 0 aliphatic rings. The first-order chi connectivity index (χ1) is 9.19. The van der Waals surface area contributed by atoms with Crippen molar-refractivity contribution in [1.29, 1.82) is 0 Å². The standard InChI is InChI=1S/C13H19F2N3O/c1-16-13(18-8-9-19-2)17-7-6-10-11(14)4-3-5-12(10)15/h3-5H,6-9H2,1-2H3,(H2,16,17,18). The topological polar surface area (TPSA) is 45.7 Å². The Morgan fingerprint density at radius 3 is 2.42 bits per heavy atom. The Morgan fingerprint density at radius 1 is 1.21 bits per heavy atom. The highest BCUT2D eigenvalue weighted by molar-refractivity contribution is 5.79. The summed E-state index contributed by atoms with van der Waals surface area (Å²) in [6, 6.07) is 3.86. The minimum absolute atomic E-state index is 0.0855. The summed E-state index contributed by atoms with van der Waals surface area (Å²) in [5.41, 5.74) is 0.0855. The van der Waals surface area contributed by atoms with Gasteiger partial charge in [-0.1, -0.05) is 6.07 Å². The van der Waals surface area contributed by atoms with Crippen molar-refractivity contribution >= 4 is 5.96 Å². The Morgan fingerprint density at radius 2 is 1.84 bits per heavy atom. The number of rotatable bonds is 6. The molecule has 1 aromatic rings. The highest BCUT2D eigenvalue weighted by Gasteiger charge is 2.07. The predicted octanol–water partition coefficient (Wildman–Crippen LogP) is 1.32. The summed E-state index contributed by atoms with van der Waals surface area (Å²) in [6.07, 6.45) is 0.253. The molecular weight excluding hydrogens is 252 g/mol. The summed E-state index contributed by atoms with van der Waals surface area (Å²) in [6.45, 7) is 1.57. The molecule has 19 heavy (non-hydrogen) atoms. The van der Waals surface area contributed by atoms with Crippen molar-refractivity contribution in [2.75, 3.05) is 33.9 Å². The Bertz CT molecular complexity index is 404. The number of nitrogens with zero attached hydrogens (tertiary/aromatic N) is 1. The fraction of sp³-hybridized carbons (Fsp3) is 0.462. The molecule has 0 heterocycles. The number of guanidine groups is 1. The second-order valence-corrected chi connectivity index (χ2v) is 3.87. The number of halogens is 2. The number of methoxy groups -OCH3 is 1. The molecule has 0 fully saturated rings. The van der Waals surface area contributed by atoms with Gasteiger partial charge in [0.2, 0.25) is 0 Å². The monoisotopic (exact) mass is 271 g/mol. The molecule has 4 nitrogen and oxygen atoms in total. The average molecular weight is 271 g/mol. The lowest BCUT2D eigenvalue weighted by molar-refractivity contribution is 0.203. The van der Waals surface area contributed by atoms with Crippen LogP contribution in [-0.2, 0) is 11.2 Å². The molecule has 0 aliphatic carbocycles. The van der Waals surface area contributed by atoms with E-state index in [1.807, 2.05) is 0 Å². The van der Waals surface area contributed by atoms with E-state index in [0.29, 0.717) is 25.7 Å². The van der Waals surface area contributed by atoms with Crippen LogP contribution < -0.4 is 10.6 Å². The highest BCUT2D eigenvalue weighted by atomic mass is 19.1. The van der Waals surface area contributed by atoms with E-state index in [1.165, 1.54) is 18.2 Å². The fourth-order valence-corrected chi connectivity index (χ4v) is 1.57. The molecule has 0 unspecified atom stereocenters. The predicted molar refractivity (Wildman–Crippen MR) is 71.3 cm³/mol. The minimum atomic E-state index is -0.524. The van der Waals surface area contributed by atoms with E-state index < -0.39 is 11.6 Å². The summed E-state index contributed by atoms with van der Waals surface area (Å²) in [5.74, 6) is -0.470. The van der Waals surface area contributed by atoms with E-state index in [4.69, 9.17) is 4.74 Å². The van der Waals surface area contributed by atoms with Crippen LogP contribution in [0.2, 0.25) is 0 Å². The summed E-state index contributed by atoms with van der Waals surface area (Å²) >= 11 is 0. The van der Waals surface area contributed by atoms with Crippen LogP contribution in [0.25, 0.3) is 0 Å². The van der Waals surface area contributed by atoms with Gasteiger partial charge in [-0.3, -0.25) is 4.99 Å². The first-order valence-electron chi connectivity index (χ1n) is 6.05. The van der Waals surface area contributed by atoms with E-state index in [2.05, 4.69) is 15.6 Å². The number of aliphatic imine (C=N–C) groups is 1. The van der Waals surface area contributed by atoms with E-state index in [-0.39, 0.29) is 12.0 Å². The van der Waals surface area contributed by atoms with Gasteiger partial charge in [-0.2, -0.15) is 0 Å². The van der Waals surface area contributed by atoms with Gasteiger partial charge in [0.15, 0.2) is 5.96 Å². The molecule has 0 saturated carbocycles. The molecule has 0 saturated heterocycles. The van der Waals surface area contributed by atoms with Crippen LogP contribution in [0, 0.1) is 11.6 Å². The van der Waals surface area contributed by atoms with Crippen molar-refractivity contribution in [1.82, 2.24) is 10.6 Å². The molecule has 0 atom stereocenters. The average Bonchev–Trinajstić information content (AvgIpc) is 2.40. The van der Waals surface area contributed by atoms with Gasteiger partial charge >= 0.3 is 0 Å². The zero-order chi connectivity index (χ0) is 14.1. The Hall–Kier alpha value is -1.69. The third-order valence-electron chi connectivity index (χ3n) is 2.55. The van der Waals surface area contributed by atoms with Crippen LogP contribution in [0.4, 0.5) is 8.78 Å². The fourth-order valence-electron chi connectivity index (χ4n) is 1.57. The van der Waals surface area contributed by atoms with Crippen molar-refractivity contribution < 1.29 is 13.5 Å². The van der Waals surface area contributed by atoms with Gasteiger partial charge in [0.1, 0.15) is 11.6 Å². The zero-order valence-electron chi connectivity index (χ0n) is 11.2. The van der Waals surface area contributed by atoms with E-state index in [1.54, 1.807) is 14.2 Å². The molecular formula is C13H19F2N3O. The van der Waals surface area contributed by atoms with Gasteiger partial charge < -0.3 is 15.4 Å². The Kier molecular flexibility index (Phi) is 6.81. The maximum atomic E-state index is 13.4. The largest absolute Gasteiger partial charge is 0.383 e. The molecule has 6 heteroatoms. The first-order valence-corrected chi connectivity index (χ1v) is 6.05. The van der Waals surface area contributed by atoms with Crippen LogP contribution in [0.5, 0.6) is 0 Å². The number of hydrogen-bond donors (Lipinski definition) is 2. The Balaban J connectivity index is 2.40. The van der Waals surface area contributed by atoms with Gasteiger partial charge in [0.05, 0.1) is 6.61 Å². The van der Waals surface area contributed by atoms with Crippen LogP contribution >= 0.6 is 0 Å². The second kappa shape index (κ2) is 8.42. The normalized spacial score (nSPS) is 11.5. The molecule has 0 amide bonds. The third kappa shape index (κ3) is 5.21. The van der Waals surface area contributed by atoms with Crippen LogP contribution in [-0.4, -0.2) is 39.8 Å². The summed E-state index contributed by atoms with van der Waals surface area (Å²) in [4.78, 5) is 3.99. The lowest BCUT2D eigenvalue weighted by Gasteiger charge is -2.12. The molecule has 1 rings (SSSR count). The molecule has 106 valence electrons. The zero-order valence-corrected chi connectivity index (χ0v) is 11.2. The molecule has 1 aromatic carbocycles. The summed E-state index contributed by atoms with van der Waals surface area (Å²) in [5, 5.41) is 5.99. The van der Waals surface area contributed by atoms with Crippen molar-refractivity contribution in [3.63, 3.8) is 0 Å². The SMILES string of the molecule is CN=C(NCCOC)NCCc1c(F)cccc1F. The van der Waals surface area contributed by atoms with Gasteiger partial charge in [-0.25, -0.2) is 8.78 Å². The maximum absolute atomic E-state index is 13.4. The number of ether oxygens (including phenoxy) is 1. The van der Waals surface area contributed by atoms with Crippen molar-refractivity contribution in [2.45, 2.75) is 6.42 Å². The summed E-state index contributed by atoms with van der Waals surface area (Å²) in [7, 11) is 3.24. The van der Waals surface area contributed by atoms with E-state index in [9.17, 15) is 8.78 Å². The number of benzene rings is 1. The maximum Gasteiger partial charge on any atom is 0.191 e. The smallest absolute Gasteiger partial charge is 0.191 e.